The first-order valence-corrected chi connectivity index (χ1v) is 7.20. The average molecular weight is 272 g/mol. The van der Waals surface area contributed by atoms with Crippen LogP contribution >= 0.6 is 11.3 Å². The van der Waals surface area contributed by atoms with Crippen LogP contribution in [0.25, 0.3) is 16.2 Å². The molecule has 0 fully saturated rings. The number of hydrogen-bond acceptors (Lipinski definition) is 4. The highest BCUT2D eigenvalue weighted by Gasteiger charge is 2.10. The molecule has 2 aromatic heterocycles. The molecule has 0 unspecified atom stereocenters. The Kier molecular flexibility index (Phi) is 2.98. The monoisotopic (exact) mass is 272 g/mol. The molecule has 98 valence electrons. The minimum absolute atomic E-state index is 0.324. The number of aromatic nitrogens is 3. The van der Waals surface area contributed by atoms with E-state index in [1.54, 1.807) is 15.9 Å². The Morgan fingerprint density at radius 3 is 2.68 bits per heavy atom. The number of thiazole rings is 1. The first-order chi connectivity index (χ1) is 9.13. The normalized spacial score (nSPS) is 11.5. The van der Waals surface area contributed by atoms with Gasteiger partial charge in [0.2, 0.25) is 10.9 Å². The summed E-state index contributed by atoms with van der Waals surface area (Å²) in [6, 6.07) is 8.63. The second kappa shape index (κ2) is 4.66. The summed E-state index contributed by atoms with van der Waals surface area (Å²) in [5, 5.41) is 6.28. The molecule has 5 heteroatoms. The van der Waals surface area contributed by atoms with Gasteiger partial charge in [0.05, 0.1) is 5.69 Å². The van der Waals surface area contributed by atoms with Gasteiger partial charge in [0.25, 0.3) is 0 Å². The lowest BCUT2D eigenvalue weighted by atomic mass is 10.0. The van der Waals surface area contributed by atoms with Gasteiger partial charge in [-0.05, 0) is 17.9 Å². The predicted octanol–water partition coefficient (Wildman–Crippen LogP) is 3.24. The highest BCUT2D eigenvalue weighted by Crippen LogP contribution is 2.26. The maximum atomic E-state index is 5.62. The fraction of sp³-hybridized carbons (Fsp3) is 0.286. The largest absolute Gasteiger partial charge is 0.366 e. The van der Waals surface area contributed by atoms with E-state index in [9.17, 15) is 0 Å². The Morgan fingerprint density at radius 1 is 1.26 bits per heavy atom. The smallest absolute Gasteiger partial charge is 0.241 e. The molecule has 2 heterocycles. The lowest BCUT2D eigenvalue weighted by Crippen LogP contribution is -1.94. The van der Waals surface area contributed by atoms with Crippen LogP contribution in [0.3, 0.4) is 0 Å². The van der Waals surface area contributed by atoms with Crippen LogP contribution in [-0.4, -0.2) is 14.6 Å². The summed E-state index contributed by atoms with van der Waals surface area (Å²) >= 11 is 1.55. The number of anilines is 1. The van der Waals surface area contributed by atoms with Crippen molar-refractivity contribution in [1.82, 2.24) is 14.6 Å². The molecular weight excluding hydrogens is 256 g/mol. The Morgan fingerprint density at radius 2 is 2.00 bits per heavy atom. The van der Waals surface area contributed by atoms with E-state index in [1.807, 2.05) is 0 Å². The summed E-state index contributed by atoms with van der Waals surface area (Å²) < 4.78 is 1.80. The molecule has 0 atom stereocenters. The van der Waals surface area contributed by atoms with Gasteiger partial charge in [-0.15, -0.1) is 16.4 Å². The summed E-state index contributed by atoms with van der Waals surface area (Å²) in [7, 11) is 0. The third-order valence-electron chi connectivity index (χ3n) is 2.99. The SMILES string of the molecule is CC(C)Cc1ccc(-c2csc3nc(N)nn23)cc1. The van der Waals surface area contributed by atoms with Crippen molar-refractivity contribution in [2.75, 3.05) is 5.73 Å². The van der Waals surface area contributed by atoms with Crippen molar-refractivity contribution in [3.05, 3.63) is 35.2 Å². The molecule has 0 spiro atoms. The molecule has 0 bridgehead atoms. The van der Waals surface area contributed by atoms with Gasteiger partial charge in [-0.3, -0.25) is 0 Å². The van der Waals surface area contributed by atoms with E-state index in [0.29, 0.717) is 11.9 Å². The van der Waals surface area contributed by atoms with Crippen molar-refractivity contribution in [2.45, 2.75) is 20.3 Å². The van der Waals surface area contributed by atoms with Crippen LogP contribution in [0, 0.1) is 5.92 Å². The van der Waals surface area contributed by atoms with Gasteiger partial charge in [0, 0.05) is 10.9 Å². The molecule has 0 saturated heterocycles. The fourth-order valence-electron chi connectivity index (χ4n) is 2.18. The van der Waals surface area contributed by atoms with E-state index < -0.39 is 0 Å². The van der Waals surface area contributed by atoms with Crippen LogP contribution in [0.2, 0.25) is 0 Å². The van der Waals surface area contributed by atoms with Crippen molar-refractivity contribution < 1.29 is 0 Å². The number of nitrogens with two attached hydrogens (primary N) is 1. The van der Waals surface area contributed by atoms with Crippen LogP contribution in [-0.2, 0) is 6.42 Å². The van der Waals surface area contributed by atoms with Crippen molar-refractivity contribution in [2.24, 2.45) is 5.92 Å². The van der Waals surface area contributed by atoms with Crippen molar-refractivity contribution in [3.8, 4) is 11.3 Å². The molecule has 19 heavy (non-hydrogen) atoms. The van der Waals surface area contributed by atoms with E-state index in [4.69, 9.17) is 5.73 Å². The zero-order chi connectivity index (χ0) is 13.4. The first-order valence-electron chi connectivity index (χ1n) is 6.32. The van der Waals surface area contributed by atoms with Gasteiger partial charge >= 0.3 is 0 Å². The first kappa shape index (κ1) is 12.2. The summed E-state index contributed by atoms with van der Waals surface area (Å²) in [5.74, 6) is 0.998. The number of hydrogen-bond donors (Lipinski definition) is 1. The molecule has 0 aliphatic heterocycles. The summed E-state index contributed by atoms with van der Waals surface area (Å²) in [4.78, 5) is 5.00. The number of rotatable bonds is 3. The maximum absolute atomic E-state index is 5.62. The quantitative estimate of drug-likeness (QED) is 0.796. The molecule has 0 aliphatic carbocycles. The Balaban J connectivity index is 1.97. The van der Waals surface area contributed by atoms with E-state index in [1.165, 1.54) is 5.56 Å². The molecule has 4 nitrogen and oxygen atoms in total. The summed E-state index contributed by atoms with van der Waals surface area (Å²) in [5.41, 5.74) is 9.17. The van der Waals surface area contributed by atoms with Crippen molar-refractivity contribution in [3.63, 3.8) is 0 Å². The molecule has 2 N–H and O–H groups in total. The third kappa shape index (κ3) is 2.33. The minimum atomic E-state index is 0.324. The lowest BCUT2D eigenvalue weighted by molar-refractivity contribution is 0.647. The number of nitrogen functional groups attached to an aromatic ring is 1. The zero-order valence-electron chi connectivity index (χ0n) is 11.0. The van der Waals surface area contributed by atoms with Crippen LogP contribution in [0.4, 0.5) is 5.95 Å². The molecule has 1 aromatic carbocycles. The highest BCUT2D eigenvalue weighted by molar-refractivity contribution is 7.15. The second-order valence-electron chi connectivity index (χ2n) is 5.08. The molecule has 0 radical (unpaired) electrons. The number of nitrogens with zero attached hydrogens (tertiary/aromatic N) is 3. The standard InChI is InChI=1S/C14H16N4S/c1-9(2)7-10-3-5-11(6-4-10)12-8-19-14-16-13(15)17-18(12)14/h3-6,8-9H,7H2,1-2H3,(H2,15,17). The predicted molar refractivity (Wildman–Crippen MR) is 79.3 cm³/mol. The minimum Gasteiger partial charge on any atom is -0.366 e. The summed E-state index contributed by atoms with van der Waals surface area (Å²) in [6.45, 7) is 4.46. The molecule has 0 amide bonds. The Hall–Kier alpha value is -1.88. The van der Waals surface area contributed by atoms with Gasteiger partial charge in [-0.25, -0.2) is 4.52 Å². The van der Waals surface area contributed by atoms with E-state index in [-0.39, 0.29) is 0 Å². The fourth-order valence-corrected chi connectivity index (χ4v) is 3.02. The van der Waals surface area contributed by atoms with Gasteiger partial charge in [-0.2, -0.15) is 4.98 Å². The maximum Gasteiger partial charge on any atom is 0.241 e. The van der Waals surface area contributed by atoms with Crippen LogP contribution < -0.4 is 5.73 Å². The Bertz CT molecular complexity index is 694. The van der Waals surface area contributed by atoms with Crippen molar-refractivity contribution >= 4 is 22.2 Å². The van der Waals surface area contributed by atoms with Gasteiger partial charge in [-0.1, -0.05) is 38.1 Å². The van der Waals surface area contributed by atoms with Crippen LogP contribution in [0.15, 0.2) is 29.6 Å². The van der Waals surface area contributed by atoms with Gasteiger partial charge in [0.1, 0.15) is 0 Å². The van der Waals surface area contributed by atoms with E-state index in [0.717, 1.165) is 22.6 Å². The zero-order valence-corrected chi connectivity index (χ0v) is 11.8. The third-order valence-corrected chi connectivity index (χ3v) is 3.81. The van der Waals surface area contributed by atoms with E-state index >= 15 is 0 Å². The highest BCUT2D eigenvalue weighted by atomic mass is 32.1. The van der Waals surface area contributed by atoms with E-state index in [2.05, 4.69) is 53.6 Å². The molecule has 3 rings (SSSR count). The number of fused-ring (bicyclic) bond motifs is 1. The topological polar surface area (TPSA) is 56.2 Å². The van der Waals surface area contributed by atoms with Crippen LogP contribution in [0.5, 0.6) is 0 Å². The lowest BCUT2D eigenvalue weighted by Gasteiger charge is -2.05. The molecule has 3 aromatic rings. The van der Waals surface area contributed by atoms with Gasteiger partial charge < -0.3 is 5.73 Å². The molecule has 0 aliphatic rings. The molecule has 0 saturated carbocycles. The Labute approximate surface area is 115 Å². The second-order valence-corrected chi connectivity index (χ2v) is 5.92. The summed E-state index contributed by atoms with van der Waals surface area (Å²) in [6.07, 6.45) is 1.11. The number of benzene rings is 1. The van der Waals surface area contributed by atoms with Gasteiger partial charge in [0.15, 0.2) is 0 Å². The van der Waals surface area contributed by atoms with Crippen LogP contribution in [0.1, 0.15) is 19.4 Å². The molecular formula is C14H16N4S. The van der Waals surface area contributed by atoms with Crippen molar-refractivity contribution in [1.29, 1.82) is 0 Å². The average Bonchev–Trinajstić information content (AvgIpc) is 2.88.